The van der Waals surface area contributed by atoms with Crippen LogP contribution in [0.1, 0.15) is 110 Å². The van der Waals surface area contributed by atoms with Gasteiger partial charge in [0.15, 0.2) is 0 Å². The minimum absolute atomic E-state index is 0.0138. The van der Waals surface area contributed by atoms with Crippen LogP contribution in [0.3, 0.4) is 0 Å². The molecular formula is C31H58N6O6. The van der Waals surface area contributed by atoms with Gasteiger partial charge in [-0.05, 0) is 103 Å². The molecule has 0 atom stereocenters. The highest BCUT2D eigenvalue weighted by Crippen LogP contribution is 2.32. The van der Waals surface area contributed by atoms with E-state index in [1.54, 1.807) is 0 Å². The summed E-state index contributed by atoms with van der Waals surface area (Å²) in [5.74, 6) is -0.508. The van der Waals surface area contributed by atoms with E-state index < -0.39 is 0 Å². The molecular weight excluding hydrogens is 552 g/mol. The number of rotatable bonds is 26. The van der Waals surface area contributed by atoms with Crippen molar-refractivity contribution < 1.29 is 30.0 Å². The number of hydrogen-bond donors (Lipinski definition) is 6. The number of nitrogens with zero attached hydrogens (tertiary/aromatic N) is 3. The predicted octanol–water partition coefficient (Wildman–Crippen LogP) is 4.08. The van der Waals surface area contributed by atoms with Crippen molar-refractivity contribution in [2.75, 3.05) is 46.3 Å². The summed E-state index contributed by atoms with van der Waals surface area (Å²) in [5, 5.41) is 42.2. The van der Waals surface area contributed by atoms with Gasteiger partial charge in [-0.15, -0.1) is 0 Å². The number of carbonyl (C=O) groups is 3. The molecule has 3 amide bonds. The minimum atomic E-state index is -0.384. The van der Waals surface area contributed by atoms with Crippen molar-refractivity contribution in [1.82, 2.24) is 31.1 Å². The van der Waals surface area contributed by atoms with E-state index >= 15 is 0 Å². The Morgan fingerprint density at radius 1 is 0.674 bits per heavy atom. The molecule has 1 fully saturated rings. The summed E-state index contributed by atoms with van der Waals surface area (Å²) < 4.78 is 0. The number of allylic oxidation sites excluding steroid dienone is 3. The van der Waals surface area contributed by atoms with Crippen LogP contribution in [0.15, 0.2) is 23.5 Å². The maximum Gasteiger partial charge on any atom is 0.242 e. The van der Waals surface area contributed by atoms with E-state index in [0.29, 0.717) is 62.6 Å². The summed E-state index contributed by atoms with van der Waals surface area (Å²) >= 11 is 0. The summed E-state index contributed by atoms with van der Waals surface area (Å²) in [6.07, 6.45) is 12.3. The predicted molar refractivity (Wildman–Crippen MR) is 166 cm³/mol. The van der Waals surface area contributed by atoms with Crippen LogP contribution in [0, 0.1) is 0 Å². The molecule has 248 valence electrons. The number of unbranched alkanes of at least 4 members (excludes halogenated alkanes) is 6. The van der Waals surface area contributed by atoms with Gasteiger partial charge in [-0.1, -0.05) is 13.0 Å². The van der Waals surface area contributed by atoms with Crippen molar-refractivity contribution >= 4 is 17.7 Å². The Morgan fingerprint density at radius 3 is 1.65 bits per heavy atom. The maximum absolute atomic E-state index is 12.4. The molecule has 1 rings (SSSR count). The average molecular weight is 611 g/mol. The second kappa shape index (κ2) is 23.7. The van der Waals surface area contributed by atoms with Gasteiger partial charge in [0.05, 0.1) is 0 Å². The summed E-state index contributed by atoms with van der Waals surface area (Å²) in [4.78, 5) is 35.4. The van der Waals surface area contributed by atoms with Crippen LogP contribution < -0.4 is 16.0 Å². The third-order valence-corrected chi connectivity index (χ3v) is 7.67. The molecule has 0 saturated heterocycles. The van der Waals surface area contributed by atoms with Crippen LogP contribution in [-0.2, 0) is 14.4 Å². The summed E-state index contributed by atoms with van der Waals surface area (Å²) in [7, 11) is 1.94. The number of carbonyl (C=O) groups excluding carboxylic acids is 3. The molecule has 0 aliphatic heterocycles. The van der Waals surface area contributed by atoms with E-state index in [1.807, 2.05) is 7.05 Å². The fourth-order valence-electron chi connectivity index (χ4n) is 4.70. The van der Waals surface area contributed by atoms with Crippen LogP contribution in [0.2, 0.25) is 0 Å². The quantitative estimate of drug-likeness (QED) is 0.0482. The van der Waals surface area contributed by atoms with Crippen molar-refractivity contribution in [3.63, 3.8) is 0 Å². The van der Waals surface area contributed by atoms with Crippen molar-refractivity contribution in [3.8, 4) is 0 Å². The molecule has 0 aromatic rings. The third-order valence-electron chi connectivity index (χ3n) is 7.67. The molecule has 0 bridgehead atoms. The molecule has 1 aliphatic rings. The van der Waals surface area contributed by atoms with Gasteiger partial charge < -0.3 is 16.0 Å². The van der Waals surface area contributed by atoms with Gasteiger partial charge >= 0.3 is 0 Å². The Balaban J connectivity index is 2.10. The smallest absolute Gasteiger partial charge is 0.242 e. The van der Waals surface area contributed by atoms with E-state index in [9.17, 15) is 30.0 Å². The largest absolute Gasteiger partial charge is 0.356 e. The fourth-order valence-corrected chi connectivity index (χ4v) is 4.70. The fraction of sp³-hybridized carbons (Fsp3) is 0.774. The molecule has 12 heteroatoms. The highest BCUT2D eigenvalue weighted by molar-refractivity contribution is 5.76. The third kappa shape index (κ3) is 18.6. The molecule has 1 saturated carbocycles. The number of nitrogens with one attached hydrogen (secondary N) is 3. The second-order valence-corrected chi connectivity index (χ2v) is 11.3. The minimum Gasteiger partial charge on any atom is -0.356 e. The monoisotopic (exact) mass is 610 g/mol. The Bertz CT molecular complexity index is 862. The Labute approximate surface area is 258 Å². The van der Waals surface area contributed by atoms with Crippen LogP contribution in [0.5, 0.6) is 0 Å². The van der Waals surface area contributed by atoms with Gasteiger partial charge in [-0.2, -0.15) is 0 Å². The molecule has 0 radical (unpaired) electrons. The molecule has 0 heterocycles. The Morgan fingerprint density at radius 2 is 1.16 bits per heavy atom. The van der Waals surface area contributed by atoms with Crippen molar-refractivity contribution in [3.05, 3.63) is 23.5 Å². The maximum atomic E-state index is 12.4. The average Bonchev–Trinajstić information content (AvgIpc) is 2.95. The van der Waals surface area contributed by atoms with Crippen molar-refractivity contribution in [1.29, 1.82) is 0 Å². The second-order valence-electron chi connectivity index (χ2n) is 11.3. The molecule has 0 aromatic carbocycles. The lowest BCUT2D eigenvalue weighted by Gasteiger charge is -2.28. The first-order valence-electron chi connectivity index (χ1n) is 16.1. The molecule has 0 spiro atoms. The Hall–Kier alpha value is -2.67. The topological polar surface area (TPSA) is 158 Å². The molecule has 0 aromatic heterocycles. The zero-order valence-electron chi connectivity index (χ0n) is 26.7. The van der Waals surface area contributed by atoms with Crippen molar-refractivity contribution in [2.24, 2.45) is 0 Å². The van der Waals surface area contributed by atoms with Gasteiger partial charge in [0.1, 0.15) is 0 Å². The van der Waals surface area contributed by atoms with Gasteiger partial charge in [0.25, 0.3) is 0 Å². The summed E-state index contributed by atoms with van der Waals surface area (Å²) in [6.45, 7) is 8.54. The first kappa shape index (κ1) is 38.4. The van der Waals surface area contributed by atoms with Gasteiger partial charge in [0, 0.05) is 63.9 Å². The van der Waals surface area contributed by atoms with E-state index in [4.69, 9.17) is 0 Å². The van der Waals surface area contributed by atoms with E-state index in [0.717, 1.165) is 87.9 Å². The lowest BCUT2D eigenvalue weighted by atomic mass is 9.89. The van der Waals surface area contributed by atoms with E-state index in [1.165, 1.54) is 17.6 Å². The Kier molecular flexibility index (Phi) is 21.2. The first-order valence-corrected chi connectivity index (χ1v) is 16.1. The summed E-state index contributed by atoms with van der Waals surface area (Å²) in [5.41, 5.74) is 2.69. The highest BCUT2D eigenvalue weighted by Gasteiger charge is 2.19. The normalized spacial score (nSPS) is 12.3. The van der Waals surface area contributed by atoms with Gasteiger partial charge in [-0.3, -0.25) is 40.1 Å². The molecule has 12 nitrogen and oxygen atoms in total. The van der Waals surface area contributed by atoms with Crippen LogP contribution in [0.25, 0.3) is 0 Å². The van der Waals surface area contributed by atoms with E-state index in [-0.39, 0.29) is 30.7 Å². The molecule has 1 aliphatic carbocycles. The molecule has 0 unspecified atom stereocenters. The first-order chi connectivity index (χ1) is 20.6. The SMILES string of the molecule is C=C(CCC(=O)NCCCCCN(O)C(C)=O)N(O)CCCCCNC(=O)CCC(=C1CCC1)N(O)CCCCCNC. The number of hydrogen-bond acceptors (Lipinski definition) is 9. The summed E-state index contributed by atoms with van der Waals surface area (Å²) in [6, 6.07) is 0. The number of hydroxylamine groups is 6. The van der Waals surface area contributed by atoms with Crippen LogP contribution in [0.4, 0.5) is 0 Å². The zero-order chi connectivity index (χ0) is 31.9. The van der Waals surface area contributed by atoms with Crippen molar-refractivity contribution in [2.45, 2.75) is 110 Å². The van der Waals surface area contributed by atoms with Gasteiger partial charge in [0.2, 0.25) is 17.7 Å². The molecule has 43 heavy (non-hydrogen) atoms. The lowest BCUT2D eigenvalue weighted by Crippen LogP contribution is -2.28. The number of amides is 3. The molecule has 6 N–H and O–H groups in total. The van der Waals surface area contributed by atoms with Crippen LogP contribution in [-0.4, -0.2) is 94.8 Å². The van der Waals surface area contributed by atoms with Gasteiger partial charge in [-0.25, -0.2) is 5.06 Å². The zero-order valence-corrected chi connectivity index (χ0v) is 26.7. The lowest BCUT2D eigenvalue weighted by molar-refractivity contribution is -0.162. The van der Waals surface area contributed by atoms with Crippen LogP contribution >= 0.6 is 0 Å². The highest BCUT2D eigenvalue weighted by atomic mass is 16.5. The standard InChI is InChI=1S/C31H58N6O6/c1-26(16-18-30(39)33-21-9-6-11-24-36(42)27(2)38)35(41)23-10-5-8-22-34-31(40)19-17-29(28-14-13-15-28)37(43)25-12-4-7-20-32-3/h32,41-43H,1,4-25H2,2-3H3,(H,33,39)(H,34,40). The van der Waals surface area contributed by atoms with E-state index in [2.05, 4.69) is 22.5 Å².